The van der Waals surface area contributed by atoms with Crippen LogP contribution in [0.15, 0.2) is 36.4 Å². The lowest BCUT2D eigenvalue weighted by atomic mass is 9.96. The van der Waals surface area contributed by atoms with Gasteiger partial charge in [-0.25, -0.2) is 9.87 Å². The van der Waals surface area contributed by atoms with E-state index in [0.717, 1.165) is 18.2 Å². The summed E-state index contributed by atoms with van der Waals surface area (Å²) < 4.78 is 14.1. The highest BCUT2D eigenvalue weighted by Gasteiger charge is 2.19. The third-order valence-corrected chi connectivity index (χ3v) is 7.07. The number of aromatic nitrogens is 6. The Balaban J connectivity index is 0.000000281. The van der Waals surface area contributed by atoms with Crippen molar-refractivity contribution in [3.63, 3.8) is 0 Å². The van der Waals surface area contributed by atoms with Gasteiger partial charge in [-0.05, 0) is 76.9 Å². The van der Waals surface area contributed by atoms with Crippen molar-refractivity contribution in [2.75, 3.05) is 54.7 Å². The van der Waals surface area contributed by atoms with E-state index in [2.05, 4.69) is 92.4 Å². The van der Waals surface area contributed by atoms with Crippen LogP contribution >= 0.6 is 23.2 Å². The Morgan fingerprint density at radius 3 is 1.69 bits per heavy atom. The van der Waals surface area contributed by atoms with Crippen molar-refractivity contribution in [2.24, 2.45) is 16.6 Å². The van der Waals surface area contributed by atoms with Gasteiger partial charge in [-0.1, -0.05) is 47.6 Å². The number of nitrogens with two attached hydrogens (primary N) is 1. The second-order valence-corrected chi connectivity index (χ2v) is 14.9. The number of hydrogen-bond donors (Lipinski definition) is 4. The van der Waals surface area contributed by atoms with Gasteiger partial charge in [0.1, 0.15) is 5.82 Å². The summed E-state index contributed by atoms with van der Waals surface area (Å²) in [6.45, 7) is 16.0. The van der Waals surface area contributed by atoms with Crippen molar-refractivity contribution in [3.8, 4) is 0 Å². The predicted molar refractivity (Wildman–Crippen MR) is 202 cm³/mol. The van der Waals surface area contributed by atoms with Crippen LogP contribution in [-0.2, 0) is 4.84 Å². The highest BCUT2D eigenvalue weighted by atomic mass is 35.5. The van der Waals surface area contributed by atoms with Crippen molar-refractivity contribution in [2.45, 2.75) is 48.5 Å². The summed E-state index contributed by atoms with van der Waals surface area (Å²) in [5.74, 6) is -0.399. The van der Waals surface area contributed by atoms with Gasteiger partial charge in [-0.2, -0.15) is 29.9 Å². The number of hydrogen-bond acceptors (Lipinski definition) is 13. The maximum absolute atomic E-state index is 14.1. The molecule has 0 aliphatic carbocycles. The Morgan fingerprint density at radius 2 is 1.23 bits per heavy atom. The average Bonchev–Trinajstić information content (AvgIpc) is 3.01. The number of halogens is 3. The van der Waals surface area contributed by atoms with E-state index in [1.807, 2.05) is 30.8 Å². The molecule has 0 unspecified atom stereocenters. The highest BCUT2D eigenvalue weighted by Crippen LogP contribution is 2.25. The first kappa shape index (κ1) is 41.5. The number of aryl methyl sites for hydroxylation is 1. The molecule has 18 heteroatoms. The molecular formula is C34H45Cl2FN12O3. The van der Waals surface area contributed by atoms with Crippen LogP contribution < -0.4 is 31.6 Å². The Bertz CT molecular complexity index is 1890. The van der Waals surface area contributed by atoms with Gasteiger partial charge in [-0.15, -0.1) is 0 Å². The molecule has 0 bridgehead atoms. The molecule has 15 nitrogen and oxygen atoms in total. The van der Waals surface area contributed by atoms with Gasteiger partial charge in [0, 0.05) is 44.0 Å². The Labute approximate surface area is 312 Å². The van der Waals surface area contributed by atoms with Crippen molar-refractivity contribution in [3.05, 3.63) is 69.5 Å². The molecule has 280 valence electrons. The van der Waals surface area contributed by atoms with E-state index < -0.39 is 17.6 Å². The third kappa shape index (κ3) is 13.0. The molecular weight excluding hydrogens is 714 g/mol. The molecule has 5 N–H and O–H groups in total. The van der Waals surface area contributed by atoms with Gasteiger partial charge in [-0.3, -0.25) is 14.4 Å². The lowest BCUT2D eigenvalue weighted by molar-refractivity contribution is 0.0537. The molecule has 0 fully saturated rings. The molecule has 0 aliphatic heterocycles. The van der Waals surface area contributed by atoms with Crippen LogP contribution in [0.4, 0.5) is 39.6 Å². The molecule has 2 amide bonds. The molecule has 0 saturated carbocycles. The number of nitrogens with one attached hydrogen (secondary N) is 3. The van der Waals surface area contributed by atoms with E-state index in [9.17, 15) is 14.0 Å². The normalized spacial score (nSPS) is 11.2. The standard InChI is InChI=1S/C17H22ClFN6O2.C17H23ClN6O/c1-17(2,3)9-25(4)16-22-14(18)21-15(23-16)20-12-8-10(6-7-11(12)19)13(26)24-27-5;1-10-6-7-11(13(19)25)8-12(10)20-15-21-14(18)22-16(23-15)24(5)9-17(2,3)4/h6-8H,9H2,1-5H3,(H,24,26)(H,20,21,22,23);6-8H,9H2,1-5H3,(H2,19,25)(H,20,21,22,23). The zero-order valence-corrected chi connectivity index (χ0v) is 32.4. The van der Waals surface area contributed by atoms with Crippen LogP contribution in [0.25, 0.3) is 0 Å². The summed E-state index contributed by atoms with van der Waals surface area (Å²) in [4.78, 5) is 56.6. The highest BCUT2D eigenvalue weighted by molar-refractivity contribution is 6.28. The van der Waals surface area contributed by atoms with Crippen molar-refractivity contribution < 1.29 is 18.8 Å². The first-order valence-corrected chi connectivity index (χ1v) is 16.7. The Morgan fingerprint density at radius 1 is 0.769 bits per heavy atom. The Hall–Kier alpha value is -4.93. The molecule has 0 radical (unpaired) electrons. The van der Waals surface area contributed by atoms with E-state index in [-0.39, 0.29) is 38.6 Å². The maximum Gasteiger partial charge on any atom is 0.274 e. The average molecular weight is 760 g/mol. The molecule has 52 heavy (non-hydrogen) atoms. The summed E-state index contributed by atoms with van der Waals surface area (Å²) in [5, 5.41) is 5.89. The molecule has 2 heterocycles. The second kappa shape index (κ2) is 17.5. The fourth-order valence-electron chi connectivity index (χ4n) is 4.76. The number of nitrogens with zero attached hydrogens (tertiary/aromatic N) is 8. The number of benzene rings is 2. The van der Waals surface area contributed by atoms with Crippen molar-refractivity contribution in [1.29, 1.82) is 0 Å². The number of carbonyl (C=O) groups excluding carboxylic acids is 2. The topological polar surface area (TPSA) is 189 Å². The summed E-state index contributed by atoms with van der Waals surface area (Å²) in [5.41, 5.74) is 9.82. The van der Waals surface area contributed by atoms with Crippen LogP contribution in [0.5, 0.6) is 0 Å². The monoisotopic (exact) mass is 758 g/mol. The smallest absolute Gasteiger partial charge is 0.274 e. The van der Waals surface area contributed by atoms with Crippen LogP contribution in [0, 0.1) is 23.6 Å². The number of amides is 2. The fraction of sp³-hybridized carbons (Fsp3) is 0.412. The summed E-state index contributed by atoms with van der Waals surface area (Å²) in [7, 11) is 5.04. The van der Waals surface area contributed by atoms with Gasteiger partial charge in [0.25, 0.3) is 5.91 Å². The minimum absolute atomic E-state index is 0.0105. The molecule has 4 rings (SSSR count). The van der Waals surface area contributed by atoms with Crippen LogP contribution in [0.1, 0.15) is 67.8 Å². The third-order valence-electron chi connectivity index (χ3n) is 6.74. The van der Waals surface area contributed by atoms with Gasteiger partial charge in [0.2, 0.25) is 40.3 Å². The SMILES string of the molecule is CONC(=O)c1ccc(F)c(Nc2nc(Cl)nc(N(C)CC(C)(C)C)n2)c1.Cc1ccc(C(N)=O)cc1Nc1nc(Cl)nc(N(C)CC(C)(C)C)n1. The van der Waals surface area contributed by atoms with E-state index >= 15 is 0 Å². The number of carbonyl (C=O) groups is 2. The summed E-state index contributed by atoms with van der Waals surface area (Å²) in [6.07, 6.45) is 0. The van der Waals surface area contributed by atoms with Crippen molar-refractivity contribution >= 4 is 70.2 Å². The molecule has 0 atom stereocenters. The van der Waals surface area contributed by atoms with E-state index in [1.165, 1.54) is 19.2 Å². The number of rotatable bonds is 11. The first-order chi connectivity index (χ1) is 24.1. The molecule has 0 aliphatic rings. The number of hydroxylamine groups is 1. The molecule has 2 aromatic heterocycles. The first-order valence-electron chi connectivity index (χ1n) is 16.0. The fourth-order valence-corrected chi connectivity index (χ4v) is 5.07. The lowest BCUT2D eigenvalue weighted by Crippen LogP contribution is -2.30. The molecule has 0 spiro atoms. The van der Waals surface area contributed by atoms with E-state index in [4.69, 9.17) is 28.9 Å². The van der Waals surface area contributed by atoms with Gasteiger partial charge < -0.3 is 26.2 Å². The van der Waals surface area contributed by atoms with Crippen LogP contribution in [-0.4, -0.2) is 76.0 Å². The maximum atomic E-state index is 14.1. The molecule has 2 aromatic carbocycles. The minimum Gasteiger partial charge on any atom is -0.366 e. The summed E-state index contributed by atoms with van der Waals surface area (Å²) in [6, 6.07) is 8.94. The van der Waals surface area contributed by atoms with Crippen LogP contribution in [0.3, 0.4) is 0 Å². The van der Waals surface area contributed by atoms with Gasteiger partial charge in [0.05, 0.1) is 12.8 Å². The predicted octanol–water partition coefficient (Wildman–Crippen LogP) is 6.34. The zero-order valence-electron chi connectivity index (χ0n) is 30.9. The van der Waals surface area contributed by atoms with Gasteiger partial charge in [0.15, 0.2) is 0 Å². The minimum atomic E-state index is -0.579. The molecule has 0 saturated heterocycles. The quantitative estimate of drug-likeness (QED) is 0.124. The Kier molecular flexibility index (Phi) is 14.0. The largest absolute Gasteiger partial charge is 0.366 e. The number of anilines is 6. The zero-order chi connectivity index (χ0) is 39.0. The summed E-state index contributed by atoms with van der Waals surface area (Å²) >= 11 is 12.0. The van der Waals surface area contributed by atoms with Crippen LogP contribution in [0.2, 0.25) is 10.6 Å². The van der Waals surface area contributed by atoms with Crippen molar-refractivity contribution in [1.82, 2.24) is 35.4 Å². The molecule has 4 aromatic rings. The second-order valence-electron chi connectivity index (χ2n) is 14.3. The lowest BCUT2D eigenvalue weighted by Gasteiger charge is -2.26. The number of primary amides is 1. The van der Waals surface area contributed by atoms with Gasteiger partial charge >= 0.3 is 0 Å². The van der Waals surface area contributed by atoms with E-state index in [1.54, 1.807) is 18.2 Å². The van der Waals surface area contributed by atoms with E-state index in [0.29, 0.717) is 35.6 Å².